The lowest BCUT2D eigenvalue weighted by Gasteiger charge is -2.28. The first-order valence-corrected chi connectivity index (χ1v) is 9.88. The largest absolute Gasteiger partial charge is 0.397 e. The molecular weight excluding hydrogens is 392 g/mol. The van der Waals surface area contributed by atoms with Crippen LogP contribution in [0.15, 0.2) is 67.3 Å². The van der Waals surface area contributed by atoms with E-state index >= 15 is 0 Å². The number of hydrogen-bond donors (Lipinski definition) is 4. The van der Waals surface area contributed by atoms with E-state index in [-0.39, 0.29) is 5.91 Å². The number of carbonyl (C=O) groups excluding carboxylic acids is 1. The number of pyridine rings is 1. The van der Waals surface area contributed by atoms with Gasteiger partial charge in [-0.25, -0.2) is 0 Å². The van der Waals surface area contributed by atoms with Crippen molar-refractivity contribution in [3.05, 3.63) is 78.5 Å². The van der Waals surface area contributed by atoms with Gasteiger partial charge in [-0.3, -0.25) is 14.9 Å². The van der Waals surface area contributed by atoms with Gasteiger partial charge in [0.1, 0.15) is 11.5 Å². The number of likely N-dealkylation sites (N-methyl/N-ethyl adjacent to an activating group) is 1. The zero-order chi connectivity index (χ0) is 22.2. The molecule has 1 aromatic carbocycles. The van der Waals surface area contributed by atoms with E-state index in [0.717, 1.165) is 30.3 Å². The Hall–Kier alpha value is -3.85. The fourth-order valence-electron chi connectivity index (χ4n) is 2.86. The average molecular weight is 421 g/mol. The van der Waals surface area contributed by atoms with Crippen LogP contribution in [0, 0.1) is 0 Å². The fourth-order valence-corrected chi connectivity index (χ4v) is 2.86. The van der Waals surface area contributed by atoms with Crippen molar-refractivity contribution in [2.24, 2.45) is 0 Å². The van der Waals surface area contributed by atoms with E-state index in [9.17, 15) is 4.79 Å². The molecule has 0 aliphatic carbocycles. The van der Waals surface area contributed by atoms with Crippen LogP contribution in [-0.2, 0) is 6.54 Å². The third kappa shape index (κ3) is 6.31. The van der Waals surface area contributed by atoms with Gasteiger partial charge in [0.15, 0.2) is 0 Å². The molecule has 2 heterocycles. The van der Waals surface area contributed by atoms with Crippen LogP contribution in [0.5, 0.6) is 0 Å². The standard InChI is InChI=1S/C22H28N8O/c1-16(26-21-10-11-25-28-21)30(13-12-29(2)3)15-17-8-9-20(24-14-17)22(31)27-19-7-5-4-6-18(19)23/h4-11,14H,1,12-13,15,23H2,2-3H3,(H,27,31)(H2,25,26,28). The SMILES string of the molecule is C=C(Nc1ccn[nH]1)N(CCN(C)C)Cc1ccc(C(=O)Nc2ccccc2N)nc1. The highest BCUT2D eigenvalue weighted by Gasteiger charge is 2.13. The zero-order valence-corrected chi connectivity index (χ0v) is 17.8. The Morgan fingerprint density at radius 1 is 1.13 bits per heavy atom. The van der Waals surface area contributed by atoms with Crippen molar-refractivity contribution in [2.45, 2.75) is 6.54 Å². The van der Waals surface area contributed by atoms with Gasteiger partial charge < -0.3 is 26.2 Å². The van der Waals surface area contributed by atoms with Gasteiger partial charge in [-0.1, -0.05) is 24.8 Å². The Bertz CT molecular complexity index is 999. The minimum absolute atomic E-state index is 0.306. The maximum absolute atomic E-state index is 12.5. The van der Waals surface area contributed by atoms with Gasteiger partial charge in [0.05, 0.1) is 23.4 Å². The summed E-state index contributed by atoms with van der Waals surface area (Å²) in [5, 5.41) is 12.8. The monoisotopic (exact) mass is 420 g/mol. The van der Waals surface area contributed by atoms with Crippen LogP contribution < -0.4 is 16.4 Å². The second-order valence-corrected chi connectivity index (χ2v) is 7.36. The molecule has 0 atom stereocenters. The summed E-state index contributed by atoms with van der Waals surface area (Å²) >= 11 is 0. The maximum atomic E-state index is 12.5. The lowest BCUT2D eigenvalue weighted by molar-refractivity contribution is 0.102. The number of nitrogens with one attached hydrogen (secondary N) is 3. The highest BCUT2D eigenvalue weighted by atomic mass is 16.1. The summed E-state index contributed by atoms with van der Waals surface area (Å²) in [7, 11) is 4.05. The van der Waals surface area contributed by atoms with Crippen LogP contribution in [0.4, 0.5) is 17.2 Å². The molecule has 0 fully saturated rings. The van der Waals surface area contributed by atoms with Gasteiger partial charge in [-0.05, 0) is 37.9 Å². The number of aromatic nitrogens is 3. The van der Waals surface area contributed by atoms with Gasteiger partial charge in [0.25, 0.3) is 5.91 Å². The van der Waals surface area contributed by atoms with Gasteiger partial charge >= 0.3 is 0 Å². The van der Waals surface area contributed by atoms with Crippen molar-refractivity contribution in [1.82, 2.24) is 25.0 Å². The molecule has 9 heteroatoms. The predicted molar refractivity (Wildman–Crippen MR) is 123 cm³/mol. The Morgan fingerprint density at radius 2 is 1.94 bits per heavy atom. The van der Waals surface area contributed by atoms with Crippen molar-refractivity contribution >= 4 is 23.1 Å². The minimum Gasteiger partial charge on any atom is -0.397 e. The maximum Gasteiger partial charge on any atom is 0.274 e. The molecular formula is C22H28N8O. The number of nitrogens with two attached hydrogens (primary N) is 1. The smallest absolute Gasteiger partial charge is 0.274 e. The molecule has 0 aliphatic heterocycles. The summed E-state index contributed by atoms with van der Waals surface area (Å²) in [5.41, 5.74) is 8.24. The summed E-state index contributed by atoms with van der Waals surface area (Å²) in [5.74, 6) is 1.21. The molecule has 0 bridgehead atoms. The number of amides is 1. The molecule has 162 valence electrons. The average Bonchev–Trinajstić information content (AvgIpc) is 3.26. The van der Waals surface area contributed by atoms with Gasteiger partial charge in [-0.2, -0.15) is 5.10 Å². The summed E-state index contributed by atoms with van der Waals surface area (Å²) in [6.07, 6.45) is 3.38. The number of para-hydroxylation sites is 2. The number of nitrogens with zero attached hydrogens (tertiary/aromatic N) is 4. The highest BCUT2D eigenvalue weighted by molar-refractivity contribution is 6.04. The molecule has 1 amide bonds. The predicted octanol–water partition coefficient (Wildman–Crippen LogP) is 2.59. The van der Waals surface area contributed by atoms with Crippen LogP contribution in [0.1, 0.15) is 16.1 Å². The van der Waals surface area contributed by atoms with Gasteiger partial charge in [0.2, 0.25) is 0 Å². The Balaban J connectivity index is 1.66. The third-order valence-corrected chi connectivity index (χ3v) is 4.62. The fraction of sp³-hybridized carbons (Fsp3) is 0.227. The molecule has 3 aromatic rings. The Morgan fingerprint density at radius 3 is 2.58 bits per heavy atom. The van der Waals surface area contributed by atoms with Crippen LogP contribution in [-0.4, -0.2) is 58.1 Å². The number of H-pyrrole nitrogens is 1. The molecule has 5 N–H and O–H groups in total. The molecule has 2 aromatic heterocycles. The lowest BCUT2D eigenvalue weighted by atomic mass is 10.2. The van der Waals surface area contributed by atoms with Crippen molar-refractivity contribution < 1.29 is 4.79 Å². The van der Waals surface area contributed by atoms with Gasteiger partial charge in [-0.15, -0.1) is 0 Å². The van der Waals surface area contributed by atoms with Crippen molar-refractivity contribution in [1.29, 1.82) is 0 Å². The number of anilines is 3. The van der Waals surface area contributed by atoms with E-state index < -0.39 is 0 Å². The quantitative estimate of drug-likeness (QED) is 0.373. The van der Waals surface area contributed by atoms with E-state index in [1.807, 2.05) is 38.4 Å². The number of aromatic amines is 1. The number of hydrogen-bond acceptors (Lipinski definition) is 7. The molecule has 0 saturated heterocycles. The van der Waals surface area contributed by atoms with Crippen LogP contribution in [0.25, 0.3) is 0 Å². The molecule has 0 spiro atoms. The topological polar surface area (TPSA) is 115 Å². The molecule has 9 nitrogen and oxygen atoms in total. The summed E-state index contributed by atoms with van der Waals surface area (Å²) in [4.78, 5) is 21.0. The van der Waals surface area contributed by atoms with Crippen molar-refractivity contribution in [3.63, 3.8) is 0 Å². The van der Waals surface area contributed by atoms with Crippen molar-refractivity contribution in [2.75, 3.05) is 43.6 Å². The normalized spacial score (nSPS) is 10.7. The number of carbonyl (C=O) groups is 1. The van der Waals surface area contributed by atoms with Gasteiger partial charge in [0, 0.05) is 31.9 Å². The van der Waals surface area contributed by atoms with E-state index in [1.165, 1.54) is 0 Å². The van der Waals surface area contributed by atoms with Crippen LogP contribution >= 0.6 is 0 Å². The second-order valence-electron chi connectivity index (χ2n) is 7.36. The van der Waals surface area contributed by atoms with E-state index in [1.54, 1.807) is 30.6 Å². The highest BCUT2D eigenvalue weighted by Crippen LogP contribution is 2.18. The molecule has 0 saturated carbocycles. The molecule has 0 unspecified atom stereocenters. The Labute approximate surface area is 182 Å². The second kappa shape index (κ2) is 10.3. The minimum atomic E-state index is -0.306. The van der Waals surface area contributed by atoms with Crippen molar-refractivity contribution in [3.8, 4) is 0 Å². The summed E-state index contributed by atoms with van der Waals surface area (Å²) in [6, 6.07) is 12.6. The molecule has 0 aliphatic rings. The first-order valence-electron chi connectivity index (χ1n) is 9.88. The van der Waals surface area contributed by atoms with E-state index in [0.29, 0.717) is 23.6 Å². The first kappa shape index (κ1) is 21.8. The lowest BCUT2D eigenvalue weighted by Crippen LogP contribution is -2.33. The first-order chi connectivity index (χ1) is 14.9. The molecule has 3 rings (SSSR count). The summed E-state index contributed by atoms with van der Waals surface area (Å²) < 4.78 is 0. The molecule has 0 radical (unpaired) electrons. The number of nitrogen functional groups attached to an aromatic ring is 1. The number of benzene rings is 1. The van der Waals surface area contributed by atoms with E-state index in [2.05, 4.69) is 42.2 Å². The number of rotatable bonds is 10. The molecule has 31 heavy (non-hydrogen) atoms. The van der Waals surface area contributed by atoms with Crippen LogP contribution in [0.2, 0.25) is 0 Å². The third-order valence-electron chi connectivity index (χ3n) is 4.62. The zero-order valence-electron chi connectivity index (χ0n) is 17.8. The summed E-state index contributed by atoms with van der Waals surface area (Å²) in [6.45, 7) is 6.37. The van der Waals surface area contributed by atoms with Crippen LogP contribution in [0.3, 0.4) is 0 Å². The Kier molecular flexibility index (Phi) is 7.23. The van der Waals surface area contributed by atoms with E-state index in [4.69, 9.17) is 5.73 Å².